The zero-order valence-corrected chi connectivity index (χ0v) is 16.2. The summed E-state index contributed by atoms with van der Waals surface area (Å²) in [6.07, 6.45) is 1.21. The fourth-order valence-electron chi connectivity index (χ4n) is 2.95. The monoisotopic (exact) mass is 383 g/mol. The number of carbonyl (C=O) groups excluding carboxylic acids is 2. The fourth-order valence-corrected chi connectivity index (χ4v) is 2.95. The van der Waals surface area contributed by atoms with Crippen molar-refractivity contribution in [2.24, 2.45) is 0 Å². The number of nitrogens with zero attached hydrogens (tertiary/aromatic N) is 1. The van der Waals surface area contributed by atoms with Gasteiger partial charge in [0.25, 0.3) is 5.91 Å². The predicted molar refractivity (Wildman–Crippen MR) is 104 cm³/mol. The topological polar surface area (TPSA) is 65.1 Å². The molecule has 2 atom stereocenters. The Balaban J connectivity index is 1.65. The second-order valence-electron chi connectivity index (χ2n) is 6.90. The van der Waals surface area contributed by atoms with E-state index in [2.05, 4.69) is 0 Å². The Bertz CT molecular complexity index is 782. The Hall–Kier alpha value is -2.86. The molecule has 0 bridgehead atoms. The molecular weight excluding hydrogens is 358 g/mol. The summed E-state index contributed by atoms with van der Waals surface area (Å²) in [5.41, 5.74) is 0.989. The van der Waals surface area contributed by atoms with Gasteiger partial charge >= 0.3 is 5.97 Å². The van der Waals surface area contributed by atoms with E-state index in [1.54, 1.807) is 62.6 Å². The van der Waals surface area contributed by atoms with Crippen LogP contribution in [0.25, 0.3) is 0 Å². The van der Waals surface area contributed by atoms with Crippen LogP contribution in [-0.2, 0) is 14.3 Å². The minimum atomic E-state index is -0.987. The molecule has 1 heterocycles. The molecule has 2 aromatic carbocycles. The first-order valence-corrected chi connectivity index (χ1v) is 9.36. The van der Waals surface area contributed by atoms with Crippen LogP contribution in [0.4, 0.5) is 0 Å². The van der Waals surface area contributed by atoms with Crippen molar-refractivity contribution in [3.8, 4) is 5.75 Å². The third-order valence-electron chi connectivity index (χ3n) is 4.54. The number of benzene rings is 2. The van der Waals surface area contributed by atoms with Gasteiger partial charge in [-0.1, -0.05) is 30.3 Å². The molecule has 0 saturated carbocycles. The van der Waals surface area contributed by atoms with Crippen LogP contribution in [0.15, 0.2) is 54.6 Å². The van der Waals surface area contributed by atoms with Crippen LogP contribution < -0.4 is 4.74 Å². The lowest BCUT2D eigenvalue weighted by molar-refractivity contribution is -0.138. The standard InChI is InChI=1S/C22H25NO5/c1-23(2)21(24)20(16-7-4-3-5-8-16)28-22(25)17-10-12-18(13-11-17)27-15-19-9-6-14-26-19/h3-5,7-8,10-13,19-20H,6,9,14-15H2,1-2H3/t19-,20+/m1/s1. The molecule has 0 unspecified atom stereocenters. The molecule has 6 heteroatoms. The van der Waals surface area contributed by atoms with Crippen molar-refractivity contribution in [3.63, 3.8) is 0 Å². The quantitative estimate of drug-likeness (QED) is 0.687. The average molecular weight is 383 g/mol. The van der Waals surface area contributed by atoms with Gasteiger partial charge in [0.1, 0.15) is 12.4 Å². The number of amides is 1. The molecule has 1 amide bonds. The first-order chi connectivity index (χ1) is 13.5. The summed E-state index contributed by atoms with van der Waals surface area (Å²) in [6.45, 7) is 1.28. The minimum Gasteiger partial charge on any atom is -0.491 e. The summed E-state index contributed by atoms with van der Waals surface area (Å²) in [5, 5.41) is 0. The summed E-state index contributed by atoms with van der Waals surface area (Å²) in [4.78, 5) is 26.5. The fraction of sp³-hybridized carbons (Fsp3) is 0.364. The predicted octanol–water partition coefficient (Wildman–Crippen LogP) is 3.23. The van der Waals surface area contributed by atoms with Crippen molar-refractivity contribution in [2.75, 3.05) is 27.3 Å². The smallest absolute Gasteiger partial charge is 0.339 e. The molecule has 1 aliphatic heterocycles. The van der Waals surface area contributed by atoms with Crippen LogP contribution >= 0.6 is 0 Å². The molecule has 28 heavy (non-hydrogen) atoms. The van der Waals surface area contributed by atoms with E-state index in [4.69, 9.17) is 14.2 Å². The molecule has 0 aliphatic carbocycles. The SMILES string of the molecule is CN(C)C(=O)[C@@H](OC(=O)c1ccc(OC[C@H]2CCCO2)cc1)c1ccccc1. The number of carbonyl (C=O) groups is 2. The number of rotatable bonds is 7. The van der Waals surface area contributed by atoms with Gasteiger partial charge < -0.3 is 19.1 Å². The molecule has 2 aromatic rings. The number of hydrogen-bond acceptors (Lipinski definition) is 5. The van der Waals surface area contributed by atoms with E-state index in [0.717, 1.165) is 19.4 Å². The zero-order chi connectivity index (χ0) is 19.9. The molecule has 0 aromatic heterocycles. The zero-order valence-electron chi connectivity index (χ0n) is 16.2. The van der Waals surface area contributed by atoms with E-state index in [1.807, 2.05) is 6.07 Å². The maximum Gasteiger partial charge on any atom is 0.339 e. The summed E-state index contributed by atoms with van der Waals surface area (Å²) in [5.74, 6) is -0.193. The Kier molecular flexibility index (Phi) is 6.66. The number of esters is 1. The molecule has 0 radical (unpaired) electrons. The molecule has 0 N–H and O–H groups in total. The second-order valence-corrected chi connectivity index (χ2v) is 6.90. The van der Waals surface area contributed by atoms with Gasteiger partial charge in [0, 0.05) is 26.3 Å². The maximum absolute atomic E-state index is 12.6. The number of hydrogen-bond donors (Lipinski definition) is 0. The molecule has 1 aliphatic rings. The highest BCUT2D eigenvalue weighted by Crippen LogP contribution is 2.22. The van der Waals surface area contributed by atoms with Crippen LogP contribution in [0.5, 0.6) is 5.75 Å². The van der Waals surface area contributed by atoms with Crippen molar-refractivity contribution >= 4 is 11.9 Å². The highest BCUT2D eigenvalue weighted by molar-refractivity contribution is 5.92. The van der Waals surface area contributed by atoms with Gasteiger partial charge in [0.15, 0.2) is 0 Å². The average Bonchev–Trinajstić information content (AvgIpc) is 3.24. The number of likely N-dealkylation sites (N-methyl/N-ethyl adjacent to an activating group) is 1. The van der Waals surface area contributed by atoms with Crippen LogP contribution in [0.3, 0.4) is 0 Å². The van der Waals surface area contributed by atoms with Crippen LogP contribution in [-0.4, -0.2) is 50.2 Å². The Morgan fingerprint density at radius 2 is 1.82 bits per heavy atom. The molecule has 0 spiro atoms. The summed E-state index contributed by atoms with van der Waals surface area (Å²) in [7, 11) is 3.26. The summed E-state index contributed by atoms with van der Waals surface area (Å²) in [6, 6.07) is 15.7. The normalized spacial score (nSPS) is 17.0. The number of ether oxygens (including phenoxy) is 3. The lowest BCUT2D eigenvalue weighted by Gasteiger charge is -2.21. The van der Waals surface area contributed by atoms with Crippen molar-refractivity contribution in [2.45, 2.75) is 25.0 Å². The van der Waals surface area contributed by atoms with E-state index in [0.29, 0.717) is 23.5 Å². The van der Waals surface area contributed by atoms with Crippen molar-refractivity contribution in [1.29, 1.82) is 0 Å². The first kappa shape index (κ1) is 19.9. The third-order valence-corrected chi connectivity index (χ3v) is 4.54. The van der Waals surface area contributed by atoms with E-state index in [1.165, 1.54) is 4.90 Å². The Morgan fingerprint density at radius 3 is 2.43 bits per heavy atom. The Morgan fingerprint density at radius 1 is 1.11 bits per heavy atom. The van der Waals surface area contributed by atoms with E-state index < -0.39 is 12.1 Å². The highest BCUT2D eigenvalue weighted by atomic mass is 16.5. The van der Waals surface area contributed by atoms with E-state index in [9.17, 15) is 9.59 Å². The van der Waals surface area contributed by atoms with Crippen molar-refractivity contribution in [3.05, 3.63) is 65.7 Å². The van der Waals surface area contributed by atoms with Crippen molar-refractivity contribution < 1.29 is 23.8 Å². The van der Waals surface area contributed by atoms with Gasteiger partial charge in [-0.25, -0.2) is 4.79 Å². The lowest BCUT2D eigenvalue weighted by atomic mass is 10.1. The molecular formula is C22H25NO5. The molecule has 148 valence electrons. The highest BCUT2D eigenvalue weighted by Gasteiger charge is 2.27. The summed E-state index contributed by atoms with van der Waals surface area (Å²) < 4.78 is 16.8. The molecule has 1 saturated heterocycles. The maximum atomic E-state index is 12.6. The Labute approximate surface area is 165 Å². The van der Waals surface area contributed by atoms with Gasteiger partial charge in [-0.15, -0.1) is 0 Å². The molecule has 3 rings (SSSR count). The lowest BCUT2D eigenvalue weighted by Crippen LogP contribution is -2.31. The second kappa shape index (κ2) is 9.37. The van der Waals surface area contributed by atoms with Gasteiger partial charge in [-0.05, 0) is 37.1 Å². The first-order valence-electron chi connectivity index (χ1n) is 9.36. The van der Waals surface area contributed by atoms with Crippen LogP contribution in [0, 0.1) is 0 Å². The summed E-state index contributed by atoms with van der Waals surface area (Å²) >= 11 is 0. The molecule has 1 fully saturated rings. The van der Waals surface area contributed by atoms with Crippen molar-refractivity contribution in [1.82, 2.24) is 4.90 Å². The minimum absolute atomic E-state index is 0.133. The third kappa shape index (κ3) is 5.10. The van der Waals surface area contributed by atoms with Gasteiger partial charge in [0.2, 0.25) is 6.10 Å². The van der Waals surface area contributed by atoms with Crippen LogP contribution in [0.2, 0.25) is 0 Å². The van der Waals surface area contributed by atoms with Gasteiger partial charge in [-0.3, -0.25) is 4.79 Å². The van der Waals surface area contributed by atoms with E-state index in [-0.39, 0.29) is 12.0 Å². The van der Waals surface area contributed by atoms with Crippen LogP contribution in [0.1, 0.15) is 34.9 Å². The molecule has 6 nitrogen and oxygen atoms in total. The van der Waals surface area contributed by atoms with Gasteiger partial charge in [0.05, 0.1) is 11.7 Å². The van der Waals surface area contributed by atoms with Gasteiger partial charge in [-0.2, -0.15) is 0 Å². The van der Waals surface area contributed by atoms with E-state index >= 15 is 0 Å². The largest absolute Gasteiger partial charge is 0.491 e.